The normalized spacial score (nSPS) is 14.2. The van der Waals surface area contributed by atoms with Crippen LogP contribution in [0.15, 0.2) is 140 Å². The van der Waals surface area contributed by atoms with Crippen LogP contribution < -0.4 is 0 Å². The molecule has 0 N–H and O–H groups in total. The number of benzene rings is 11. The van der Waals surface area contributed by atoms with Gasteiger partial charge in [-0.1, -0.05) is 198 Å². The van der Waals surface area contributed by atoms with Crippen LogP contribution >= 0.6 is 0 Å². The second-order valence-electron chi connectivity index (χ2n) is 24.5. The zero-order valence-electron chi connectivity index (χ0n) is 43.4. The summed E-state index contributed by atoms with van der Waals surface area (Å²) in [6.45, 7) is 30.7. The first-order valence-corrected chi connectivity index (χ1v) is 26.0. The lowest BCUT2D eigenvalue weighted by Gasteiger charge is -2.25. The van der Waals surface area contributed by atoms with Crippen molar-refractivity contribution < 1.29 is 0 Å². The van der Waals surface area contributed by atoms with Crippen molar-refractivity contribution in [3.63, 3.8) is 0 Å². The maximum Gasteiger partial charge on any atom is 0.0159 e. The quantitative estimate of drug-likeness (QED) is 0.122. The van der Waals surface area contributed by atoms with E-state index in [1.165, 1.54) is 159 Å². The minimum Gasteiger partial charge on any atom is -0.0616 e. The Hall–Kier alpha value is -6.76. The van der Waals surface area contributed by atoms with Gasteiger partial charge in [0.05, 0.1) is 0 Å². The second-order valence-corrected chi connectivity index (χ2v) is 24.5. The fourth-order valence-electron chi connectivity index (χ4n) is 13.4. The number of fused-ring (bicyclic) bond motifs is 11. The Labute approximate surface area is 414 Å². The second kappa shape index (κ2) is 14.4. The van der Waals surface area contributed by atoms with Gasteiger partial charge in [0.15, 0.2) is 0 Å². The number of hydrogen-bond donors (Lipinski definition) is 0. The molecule has 11 aromatic carbocycles. The minimum atomic E-state index is -0.117. The first-order valence-electron chi connectivity index (χ1n) is 26.0. The Bertz CT molecular complexity index is 3930. The van der Waals surface area contributed by atoms with E-state index < -0.39 is 0 Å². The van der Waals surface area contributed by atoms with Crippen LogP contribution in [-0.4, -0.2) is 0 Å². The third kappa shape index (κ3) is 5.83. The number of aryl methyl sites for hydroxylation is 1. The molecule has 344 valence electrons. The monoisotopic (exact) mass is 905 g/mol. The summed E-state index contributed by atoms with van der Waals surface area (Å²) in [7, 11) is 0. The summed E-state index contributed by atoms with van der Waals surface area (Å²) in [5.74, 6) is 0.616. The molecule has 0 heterocycles. The van der Waals surface area contributed by atoms with Gasteiger partial charge in [0.2, 0.25) is 0 Å². The van der Waals surface area contributed by atoms with Crippen LogP contribution in [0, 0.1) is 6.92 Å². The highest BCUT2D eigenvalue weighted by Gasteiger charge is 2.39. The minimum absolute atomic E-state index is 0.0606. The van der Waals surface area contributed by atoms with Crippen LogP contribution in [0.25, 0.3) is 120 Å². The molecule has 70 heavy (non-hydrogen) atoms. The molecule has 11 aromatic rings. The molecule has 0 saturated carbocycles. The summed E-state index contributed by atoms with van der Waals surface area (Å²) in [5, 5.41) is 16.4. The van der Waals surface area contributed by atoms with E-state index in [2.05, 4.69) is 230 Å². The molecule has 13 rings (SSSR count). The van der Waals surface area contributed by atoms with E-state index in [0.29, 0.717) is 11.8 Å². The van der Waals surface area contributed by atoms with E-state index in [-0.39, 0.29) is 16.2 Å². The van der Waals surface area contributed by atoms with Crippen molar-refractivity contribution in [1.29, 1.82) is 0 Å². The number of rotatable bonds is 4. The van der Waals surface area contributed by atoms with Crippen molar-refractivity contribution in [1.82, 2.24) is 0 Å². The Kier molecular flexibility index (Phi) is 8.91. The van der Waals surface area contributed by atoms with Gasteiger partial charge in [-0.25, -0.2) is 0 Å². The molecule has 0 saturated heterocycles. The van der Waals surface area contributed by atoms with Gasteiger partial charge >= 0.3 is 0 Å². The van der Waals surface area contributed by atoms with Gasteiger partial charge < -0.3 is 0 Å². The van der Waals surface area contributed by atoms with Crippen LogP contribution in [0.1, 0.15) is 134 Å². The Balaban J connectivity index is 1.20. The smallest absolute Gasteiger partial charge is 0.0159 e. The van der Waals surface area contributed by atoms with Crippen molar-refractivity contribution >= 4 is 64.6 Å². The summed E-state index contributed by atoms with van der Waals surface area (Å²) < 4.78 is 0. The molecule has 0 heteroatoms. The van der Waals surface area contributed by atoms with Crippen LogP contribution in [-0.2, 0) is 16.2 Å². The van der Waals surface area contributed by atoms with E-state index in [0.717, 1.165) is 0 Å². The average molecular weight is 905 g/mol. The van der Waals surface area contributed by atoms with Gasteiger partial charge in [-0.15, -0.1) is 0 Å². The molecule has 2 aliphatic rings. The van der Waals surface area contributed by atoms with E-state index in [1.54, 1.807) is 0 Å². The Morgan fingerprint density at radius 3 is 1.33 bits per heavy atom. The first kappa shape index (κ1) is 43.3. The van der Waals surface area contributed by atoms with Gasteiger partial charge in [0.1, 0.15) is 0 Å². The molecule has 0 aliphatic heterocycles. The predicted molar refractivity (Wildman–Crippen MR) is 306 cm³/mol. The lowest BCUT2D eigenvalue weighted by atomic mass is 9.78. The molecular weight excluding hydrogens is 841 g/mol. The fraction of sp³-hybridized carbons (Fsp3) is 0.257. The van der Waals surface area contributed by atoms with Crippen molar-refractivity contribution in [3.05, 3.63) is 178 Å². The maximum atomic E-state index is 2.64. The topological polar surface area (TPSA) is 0 Å². The highest BCUT2D eigenvalue weighted by atomic mass is 14.4. The molecular formula is C70H64. The van der Waals surface area contributed by atoms with Gasteiger partial charge in [0.25, 0.3) is 0 Å². The van der Waals surface area contributed by atoms with Crippen molar-refractivity contribution in [2.45, 2.75) is 118 Å². The van der Waals surface area contributed by atoms with Crippen molar-refractivity contribution in [2.24, 2.45) is 0 Å². The first-order chi connectivity index (χ1) is 33.3. The molecule has 0 amide bonds. The fourth-order valence-corrected chi connectivity index (χ4v) is 13.4. The Morgan fingerprint density at radius 2 is 0.829 bits per heavy atom. The average Bonchev–Trinajstić information content (AvgIpc) is 3.77. The summed E-state index contributed by atoms with van der Waals surface area (Å²) in [5.41, 5.74) is 23.4. The molecule has 2 aliphatic carbocycles. The summed E-state index contributed by atoms with van der Waals surface area (Å²) in [4.78, 5) is 0. The molecule has 0 unspecified atom stereocenters. The largest absolute Gasteiger partial charge is 0.0616 e. The third-order valence-electron chi connectivity index (χ3n) is 17.0. The lowest BCUT2D eigenvalue weighted by Crippen LogP contribution is -2.15. The van der Waals surface area contributed by atoms with Crippen molar-refractivity contribution in [3.8, 4) is 55.6 Å². The molecule has 0 atom stereocenters. The predicted octanol–water partition coefficient (Wildman–Crippen LogP) is 20.5. The maximum absolute atomic E-state index is 2.64. The van der Waals surface area contributed by atoms with E-state index in [1.807, 2.05) is 0 Å². The highest BCUT2D eigenvalue weighted by molar-refractivity contribution is 6.39. The SMILES string of the molecule is Cc1ccc2c(c1)C(C)(C)c1cc3c4cc(C(C)C)c5c6c(c(C(C)C)cc(c7cccc(c1-2)c73)c64)-c1cc2c(-c3ccc(C(C)(C)C)cc3)c3ccccc3c(-c3ccc(C(C)(C)C)cc3)c2cc1-5. The van der Waals surface area contributed by atoms with Crippen LogP contribution in [0.3, 0.4) is 0 Å². The molecule has 0 bridgehead atoms. The summed E-state index contributed by atoms with van der Waals surface area (Å²) in [6, 6.07) is 55.7. The summed E-state index contributed by atoms with van der Waals surface area (Å²) >= 11 is 0. The van der Waals surface area contributed by atoms with Crippen molar-refractivity contribution in [2.75, 3.05) is 0 Å². The number of hydrogen-bond acceptors (Lipinski definition) is 0. The standard InChI is InChI=1S/C70H64/c1-37(2)49-32-51-46-19-16-20-48-62(46)57(36-59-63(48)47-30-21-39(5)31-58(47)70(59,12)13)54-33-50(38(3)4)65-56-35-53-52(34-55(56)64(49)67(65)66(51)54)60(40-22-26-42(27-23-40)68(6,7)8)44-17-14-15-18-45(44)61(53)41-24-28-43(29-25-41)69(9,10)11/h14-38H,1-13H3. The third-order valence-corrected chi connectivity index (χ3v) is 17.0. The highest BCUT2D eigenvalue weighted by Crippen LogP contribution is 2.61. The lowest BCUT2D eigenvalue weighted by molar-refractivity contribution is 0.590. The zero-order valence-corrected chi connectivity index (χ0v) is 43.4. The van der Waals surface area contributed by atoms with Crippen LogP contribution in [0.2, 0.25) is 0 Å². The van der Waals surface area contributed by atoms with E-state index in [9.17, 15) is 0 Å². The Morgan fingerprint density at radius 1 is 0.357 bits per heavy atom. The molecule has 0 nitrogen and oxygen atoms in total. The zero-order chi connectivity index (χ0) is 48.7. The molecule has 0 spiro atoms. The van der Waals surface area contributed by atoms with E-state index >= 15 is 0 Å². The molecule has 0 aromatic heterocycles. The van der Waals surface area contributed by atoms with Crippen LogP contribution in [0.5, 0.6) is 0 Å². The molecule has 0 radical (unpaired) electrons. The van der Waals surface area contributed by atoms with Gasteiger partial charge in [0, 0.05) is 5.41 Å². The van der Waals surface area contributed by atoms with Gasteiger partial charge in [-0.3, -0.25) is 0 Å². The van der Waals surface area contributed by atoms with Gasteiger partial charge in [-0.05, 0) is 214 Å². The summed E-state index contributed by atoms with van der Waals surface area (Å²) in [6.07, 6.45) is 0. The van der Waals surface area contributed by atoms with E-state index in [4.69, 9.17) is 0 Å². The molecule has 0 fully saturated rings. The van der Waals surface area contributed by atoms with Gasteiger partial charge in [-0.2, -0.15) is 0 Å². The van der Waals surface area contributed by atoms with Crippen LogP contribution in [0.4, 0.5) is 0 Å².